The second-order valence-corrected chi connectivity index (χ2v) is 4.28. The van der Waals surface area contributed by atoms with E-state index in [0.29, 0.717) is 22.6 Å². The summed E-state index contributed by atoms with van der Waals surface area (Å²) in [4.78, 5) is 26.8. The molecule has 0 amide bonds. The van der Waals surface area contributed by atoms with Crippen LogP contribution in [0, 0.1) is 0 Å². The molecule has 5 heteroatoms. The number of ketones is 1. The van der Waals surface area contributed by atoms with Crippen molar-refractivity contribution in [3.05, 3.63) is 47.5 Å². The number of carbonyl (C=O) groups excluding carboxylic acids is 1. The predicted octanol–water partition coefficient (Wildman–Crippen LogP) is 2.69. The van der Waals surface area contributed by atoms with E-state index in [1.807, 2.05) is 0 Å². The van der Waals surface area contributed by atoms with Gasteiger partial charge in [0.1, 0.15) is 5.82 Å². The standard InChI is InChI=1S/C15H14N2O3/c1-9(18)12-6-7-13(17-14(12)16-2)10-4-3-5-11(8-10)15(19)20/h3-8H,1-2H3,(H,16,17)(H,19,20). The van der Waals surface area contributed by atoms with Crippen molar-refractivity contribution in [2.24, 2.45) is 0 Å². The highest BCUT2D eigenvalue weighted by molar-refractivity contribution is 5.99. The second-order valence-electron chi connectivity index (χ2n) is 4.28. The zero-order valence-electron chi connectivity index (χ0n) is 11.2. The van der Waals surface area contributed by atoms with Gasteiger partial charge in [0.05, 0.1) is 16.8 Å². The van der Waals surface area contributed by atoms with E-state index in [9.17, 15) is 9.59 Å². The molecule has 0 atom stereocenters. The lowest BCUT2D eigenvalue weighted by Gasteiger charge is -2.08. The summed E-state index contributed by atoms with van der Waals surface area (Å²) in [5.41, 5.74) is 2.01. The number of nitrogens with zero attached hydrogens (tertiary/aromatic N) is 1. The number of carboxylic acids is 1. The highest BCUT2D eigenvalue weighted by atomic mass is 16.4. The van der Waals surface area contributed by atoms with E-state index in [4.69, 9.17) is 5.11 Å². The van der Waals surface area contributed by atoms with Gasteiger partial charge in [-0.15, -0.1) is 0 Å². The van der Waals surface area contributed by atoms with Crippen molar-refractivity contribution in [1.82, 2.24) is 4.98 Å². The summed E-state index contributed by atoms with van der Waals surface area (Å²) >= 11 is 0. The molecule has 2 aromatic rings. The maximum absolute atomic E-state index is 11.5. The molecule has 5 nitrogen and oxygen atoms in total. The van der Waals surface area contributed by atoms with Gasteiger partial charge in [-0.1, -0.05) is 12.1 Å². The molecular weight excluding hydrogens is 256 g/mol. The summed E-state index contributed by atoms with van der Waals surface area (Å²) in [5.74, 6) is -0.579. The smallest absolute Gasteiger partial charge is 0.335 e. The van der Waals surface area contributed by atoms with E-state index < -0.39 is 5.97 Å². The van der Waals surface area contributed by atoms with Crippen LogP contribution in [0.3, 0.4) is 0 Å². The maximum atomic E-state index is 11.5. The zero-order chi connectivity index (χ0) is 14.7. The van der Waals surface area contributed by atoms with Crippen LogP contribution in [0.5, 0.6) is 0 Å². The number of Topliss-reactive ketones (excluding diaryl/α,β-unsaturated/α-hetero) is 1. The molecular formula is C15H14N2O3. The normalized spacial score (nSPS) is 10.1. The molecule has 1 aromatic heterocycles. The molecule has 2 N–H and O–H groups in total. The molecule has 0 radical (unpaired) electrons. The highest BCUT2D eigenvalue weighted by Gasteiger charge is 2.11. The molecule has 0 bridgehead atoms. The number of carboxylic acid groups (broad SMARTS) is 1. The lowest BCUT2D eigenvalue weighted by atomic mass is 10.1. The van der Waals surface area contributed by atoms with Crippen molar-refractivity contribution in [3.8, 4) is 11.3 Å². The molecule has 0 aliphatic rings. The van der Waals surface area contributed by atoms with E-state index in [0.717, 1.165) is 0 Å². The average Bonchev–Trinajstić information content (AvgIpc) is 2.46. The molecule has 0 aliphatic heterocycles. The lowest BCUT2D eigenvalue weighted by Crippen LogP contribution is -2.03. The third-order valence-electron chi connectivity index (χ3n) is 2.92. The summed E-state index contributed by atoms with van der Waals surface area (Å²) < 4.78 is 0. The third kappa shape index (κ3) is 2.66. The van der Waals surface area contributed by atoms with Gasteiger partial charge in [0.2, 0.25) is 0 Å². The van der Waals surface area contributed by atoms with Gasteiger partial charge < -0.3 is 10.4 Å². The van der Waals surface area contributed by atoms with Crippen molar-refractivity contribution in [3.63, 3.8) is 0 Å². The van der Waals surface area contributed by atoms with E-state index in [1.165, 1.54) is 13.0 Å². The van der Waals surface area contributed by atoms with Crippen LogP contribution < -0.4 is 5.32 Å². The quantitative estimate of drug-likeness (QED) is 0.835. The summed E-state index contributed by atoms with van der Waals surface area (Å²) in [5, 5.41) is 11.9. The van der Waals surface area contributed by atoms with Crippen LogP contribution in [0.4, 0.5) is 5.82 Å². The van der Waals surface area contributed by atoms with Crippen LogP contribution in [-0.2, 0) is 0 Å². The first-order valence-corrected chi connectivity index (χ1v) is 6.06. The monoisotopic (exact) mass is 270 g/mol. The molecule has 2 rings (SSSR count). The van der Waals surface area contributed by atoms with Crippen LogP contribution in [0.2, 0.25) is 0 Å². The van der Waals surface area contributed by atoms with Crippen molar-refractivity contribution in [1.29, 1.82) is 0 Å². The number of benzene rings is 1. The first-order chi connectivity index (χ1) is 9.52. The molecule has 0 saturated carbocycles. The number of hydrogen-bond acceptors (Lipinski definition) is 4. The molecule has 0 aliphatic carbocycles. The Hall–Kier alpha value is -2.69. The lowest BCUT2D eigenvalue weighted by molar-refractivity contribution is 0.0696. The summed E-state index contributed by atoms with van der Waals surface area (Å²) in [6, 6.07) is 9.91. The fourth-order valence-electron chi connectivity index (χ4n) is 1.91. The van der Waals surface area contributed by atoms with E-state index in [1.54, 1.807) is 37.4 Å². The summed E-state index contributed by atoms with van der Waals surface area (Å²) in [7, 11) is 1.69. The highest BCUT2D eigenvalue weighted by Crippen LogP contribution is 2.23. The van der Waals surface area contributed by atoms with Gasteiger partial charge >= 0.3 is 5.97 Å². The number of pyridine rings is 1. The SMILES string of the molecule is CNc1nc(-c2cccc(C(=O)O)c2)ccc1C(C)=O. The Morgan fingerprint density at radius 1 is 1.20 bits per heavy atom. The van der Waals surface area contributed by atoms with Crippen molar-refractivity contribution >= 4 is 17.6 Å². The number of carbonyl (C=O) groups is 2. The van der Waals surface area contributed by atoms with Gasteiger partial charge in [-0.05, 0) is 31.2 Å². The van der Waals surface area contributed by atoms with Gasteiger partial charge in [-0.3, -0.25) is 4.79 Å². The first kappa shape index (κ1) is 13.7. The largest absolute Gasteiger partial charge is 0.478 e. The van der Waals surface area contributed by atoms with Crippen LogP contribution in [0.25, 0.3) is 11.3 Å². The number of rotatable bonds is 4. The number of aromatic carboxylic acids is 1. The van der Waals surface area contributed by atoms with Gasteiger partial charge in [-0.25, -0.2) is 9.78 Å². The third-order valence-corrected chi connectivity index (χ3v) is 2.92. The molecule has 0 spiro atoms. The Morgan fingerprint density at radius 3 is 2.55 bits per heavy atom. The average molecular weight is 270 g/mol. The Morgan fingerprint density at radius 2 is 1.95 bits per heavy atom. The summed E-state index contributed by atoms with van der Waals surface area (Å²) in [6.45, 7) is 1.47. The molecule has 20 heavy (non-hydrogen) atoms. The van der Waals surface area contributed by atoms with Gasteiger partial charge in [0.15, 0.2) is 5.78 Å². The number of nitrogens with one attached hydrogen (secondary N) is 1. The predicted molar refractivity (Wildman–Crippen MR) is 76.2 cm³/mol. The van der Waals surface area contributed by atoms with Crippen LogP contribution in [-0.4, -0.2) is 28.9 Å². The Bertz CT molecular complexity index is 681. The van der Waals surface area contributed by atoms with E-state index in [2.05, 4.69) is 10.3 Å². The molecule has 0 saturated heterocycles. The number of aromatic nitrogens is 1. The molecule has 1 aromatic carbocycles. The van der Waals surface area contributed by atoms with Gasteiger partial charge in [0, 0.05) is 12.6 Å². The number of hydrogen-bond donors (Lipinski definition) is 2. The Labute approximate surface area is 116 Å². The van der Waals surface area contributed by atoms with Crippen molar-refractivity contribution in [2.45, 2.75) is 6.92 Å². The van der Waals surface area contributed by atoms with Crippen LogP contribution >= 0.6 is 0 Å². The first-order valence-electron chi connectivity index (χ1n) is 6.06. The van der Waals surface area contributed by atoms with Gasteiger partial charge in [-0.2, -0.15) is 0 Å². The maximum Gasteiger partial charge on any atom is 0.335 e. The van der Waals surface area contributed by atoms with Crippen LogP contribution in [0.15, 0.2) is 36.4 Å². The van der Waals surface area contributed by atoms with Crippen molar-refractivity contribution in [2.75, 3.05) is 12.4 Å². The Kier molecular flexibility index (Phi) is 3.79. The van der Waals surface area contributed by atoms with E-state index >= 15 is 0 Å². The van der Waals surface area contributed by atoms with Gasteiger partial charge in [0.25, 0.3) is 0 Å². The van der Waals surface area contributed by atoms with Crippen LogP contribution in [0.1, 0.15) is 27.6 Å². The fraction of sp³-hybridized carbons (Fsp3) is 0.133. The zero-order valence-corrected chi connectivity index (χ0v) is 11.2. The molecule has 1 heterocycles. The van der Waals surface area contributed by atoms with Crippen molar-refractivity contribution < 1.29 is 14.7 Å². The Balaban J connectivity index is 2.50. The van der Waals surface area contributed by atoms with E-state index in [-0.39, 0.29) is 11.3 Å². The molecule has 0 unspecified atom stereocenters. The summed E-state index contributed by atoms with van der Waals surface area (Å²) in [6.07, 6.45) is 0. The molecule has 102 valence electrons. The minimum absolute atomic E-state index is 0.0762. The minimum atomic E-state index is -0.985. The minimum Gasteiger partial charge on any atom is -0.478 e. The fourth-order valence-corrected chi connectivity index (χ4v) is 1.91. The number of anilines is 1. The molecule has 0 fully saturated rings. The topological polar surface area (TPSA) is 79.3 Å². The second kappa shape index (κ2) is 5.52.